The van der Waals surface area contributed by atoms with Crippen LogP contribution in [0.3, 0.4) is 0 Å². The van der Waals surface area contributed by atoms with Gasteiger partial charge in [0, 0.05) is 32.3 Å². The summed E-state index contributed by atoms with van der Waals surface area (Å²) in [5, 5.41) is 2.02. The second kappa shape index (κ2) is 10.9. The van der Waals surface area contributed by atoms with Crippen LogP contribution in [0.4, 0.5) is 0 Å². The van der Waals surface area contributed by atoms with Crippen LogP contribution in [-0.4, -0.2) is 32.9 Å². The Balaban J connectivity index is -0.000000772. The van der Waals surface area contributed by atoms with E-state index in [0.29, 0.717) is 20.6 Å². The van der Waals surface area contributed by atoms with Crippen LogP contribution in [0.15, 0.2) is 0 Å². The summed E-state index contributed by atoms with van der Waals surface area (Å²) in [6.45, 7) is 39.6. The third-order valence-corrected chi connectivity index (χ3v) is 13.5. The summed E-state index contributed by atoms with van der Waals surface area (Å²) in [7, 11) is -0.729. The van der Waals surface area contributed by atoms with Crippen molar-refractivity contribution in [2.75, 3.05) is 12.3 Å². The average molecular weight is 450 g/mol. The van der Waals surface area contributed by atoms with Gasteiger partial charge in [0.25, 0.3) is 0 Å². The first-order valence-electron chi connectivity index (χ1n) is 10.1. The molecule has 0 aromatic carbocycles. The molecule has 0 fully saturated rings. The molecule has 0 aliphatic rings. The SMILES string of the molecule is CC(C)(C)[PH+](CC[PH+](C(C)(C)C)C(C)(C)C)C(C)(C)C.[CH2-]C(C)(C)C.[Ni]. The van der Waals surface area contributed by atoms with Crippen LogP contribution in [0.1, 0.15) is 104 Å². The maximum Gasteiger partial charge on any atom is 0.0915 e. The van der Waals surface area contributed by atoms with Crippen LogP contribution in [0.2, 0.25) is 0 Å². The summed E-state index contributed by atoms with van der Waals surface area (Å²) in [4.78, 5) is 0. The summed E-state index contributed by atoms with van der Waals surface area (Å²) >= 11 is 0. The van der Waals surface area contributed by atoms with Crippen molar-refractivity contribution in [2.24, 2.45) is 5.41 Å². The zero-order chi connectivity index (χ0) is 21.1. The molecule has 0 N–H and O–H groups in total. The van der Waals surface area contributed by atoms with Gasteiger partial charge in [-0.15, -0.1) is 0 Å². The van der Waals surface area contributed by atoms with Crippen molar-refractivity contribution < 1.29 is 16.5 Å². The molecule has 0 rings (SSSR count). The Kier molecular flexibility index (Phi) is 13.5. The van der Waals surface area contributed by atoms with Crippen LogP contribution in [0.5, 0.6) is 0 Å². The van der Waals surface area contributed by atoms with E-state index in [9.17, 15) is 0 Å². The minimum atomic E-state index is -0.364. The molecular formula is C23H53NiP2+. The quantitative estimate of drug-likeness (QED) is 0.230. The molecule has 0 aromatic rings. The first-order chi connectivity index (χ1) is 10.5. The normalized spacial score (nSPS) is 14.1. The molecule has 26 heavy (non-hydrogen) atoms. The second-order valence-corrected chi connectivity index (χ2v) is 21.9. The van der Waals surface area contributed by atoms with Gasteiger partial charge in [0.15, 0.2) is 0 Å². The van der Waals surface area contributed by atoms with Crippen molar-refractivity contribution in [1.82, 2.24) is 0 Å². The molecule has 0 amide bonds. The largest absolute Gasteiger partial charge is 0.338 e. The Morgan fingerprint density at radius 3 is 0.654 bits per heavy atom. The molecule has 0 aromatic heterocycles. The fourth-order valence-corrected chi connectivity index (χ4v) is 13.5. The van der Waals surface area contributed by atoms with Gasteiger partial charge in [-0.3, -0.25) is 0 Å². The molecule has 0 bridgehead atoms. The maximum absolute atomic E-state index is 3.77. The predicted octanol–water partition coefficient (Wildman–Crippen LogP) is 8.47. The molecule has 164 valence electrons. The van der Waals surface area contributed by atoms with Gasteiger partial charge in [-0.2, -0.15) is 5.41 Å². The van der Waals surface area contributed by atoms with Crippen molar-refractivity contribution in [3.05, 3.63) is 6.92 Å². The molecule has 0 aliphatic carbocycles. The summed E-state index contributed by atoms with van der Waals surface area (Å²) in [5.74, 6) is 0. The van der Waals surface area contributed by atoms with Crippen molar-refractivity contribution >= 4 is 15.8 Å². The number of hydrogen-bond donors (Lipinski definition) is 0. The molecule has 0 radical (unpaired) electrons. The maximum atomic E-state index is 3.77. The zero-order valence-corrected chi connectivity index (χ0v) is 23.9. The van der Waals surface area contributed by atoms with Gasteiger partial charge in [0.1, 0.15) is 0 Å². The van der Waals surface area contributed by atoms with Gasteiger partial charge in [-0.05, 0) is 83.1 Å². The van der Waals surface area contributed by atoms with Crippen LogP contribution in [0.25, 0.3) is 0 Å². The Morgan fingerprint density at radius 1 is 0.462 bits per heavy atom. The minimum absolute atomic E-state index is 0. The van der Waals surface area contributed by atoms with Crippen LogP contribution < -0.4 is 0 Å². The molecule has 0 heterocycles. The monoisotopic (exact) mass is 449 g/mol. The van der Waals surface area contributed by atoms with E-state index in [1.807, 2.05) is 0 Å². The Bertz CT molecular complexity index is 301. The van der Waals surface area contributed by atoms with Crippen molar-refractivity contribution in [1.29, 1.82) is 0 Å². The van der Waals surface area contributed by atoms with Crippen molar-refractivity contribution in [3.8, 4) is 0 Å². The van der Waals surface area contributed by atoms with Crippen molar-refractivity contribution in [2.45, 2.75) is 124 Å². The van der Waals surface area contributed by atoms with E-state index in [2.05, 4.69) is 111 Å². The van der Waals surface area contributed by atoms with E-state index in [1.165, 1.54) is 12.3 Å². The van der Waals surface area contributed by atoms with Gasteiger partial charge in [0.05, 0.1) is 32.9 Å². The first-order valence-corrected chi connectivity index (χ1v) is 13.5. The molecule has 0 saturated carbocycles. The van der Waals surface area contributed by atoms with Crippen LogP contribution >= 0.6 is 15.8 Å². The fraction of sp³-hybridized carbons (Fsp3) is 0.957. The Hall–Kier alpha value is 1.35. The Labute approximate surface area is 181 Å². The van der Waals surface area contributed by atoms with Crippen molar-refractivity contribution in [3.63, 3.8) is 0 Å². The minimum Gasteiger partial charge on any atom is -0.338 e. The first kappa shape index (κ1) is 32.0. The fourth-order valence-electron chi connectivity index (χ4n) is 4.00. The van der Waals surface area contributed by atoms with Gasteiger partial charge in [-0.25, -0.2) is 0 Å². The smallest absolute Gasteiger partial charge is 0.0915 e. The average Bonchev–Trinajstić information content (AvgIpc) is 2.13. The summed E-state index contributed by atoms with van der Waals surface area (Å²) in [6.07, 6.45) is 2.97. The molecule has 0 spiro atoms. The summed E-state index contributed by atoms with van der Waals surface area (Å²) in [6, 6.07) is 0. The van der Waals surface area contributed by atoms with Gasteiger partial charge >= 0.3 is 0 Å². The molecule has 0 unspecified atom stereocenters. The van der Waals surface area contributed by atoms with Crippen LogP contribution in [-0.2, 0) is 16.5 Å². The van der Waals surface area contributed by atoms with E-state index >= 15 is 0 Å². The third-order valence-electron chi connectivity index (χ3n) is 4.25. The molecular weight excluding hydrogens is 397 g/mol. The topological polar surface area (TPSA) is 0 Å². The zero-order valence-electron chi connectivity index (χ0n) is 20.9. The summed E-state index contributed by atoms with van der Waals surface area (Å²) < 4.78 is 0. The third kappa shape index (κ3) is 16.3. The van der Waals surface area contributed by atoms with Gasteiger partial charge in [-0.1, -0.05) is 20.8 Å². The van der Waals surface area contributed by atoms with E-state index < -0.39 is 0 Å². The van der Waals surface area contributed by atoms with Crippen LogP contribution in [0, 0.1) is 12.3 Å². The predicted molar refractivity (Wildman–Crippen MR) is 130 cm³/mol. The molecule has 0 nitrogen and oxygen atoms in total. The van der Waals surface area contributed by atoms with Gasteiger partial charge in [0.2, 0.25) is 0 Å². The number of rotatable bonds is 3. The molecule has 0 atom stereocenters. The van der Waals surface area contributed by atoms with Gasteiger partial charge < -0.3 is 6.92 Å². The molecule has 0 aliphatic heterocycles. The van der Waals surface area contributed by atoms with E-state index in [1.54, 1.807) is 0 Å². The number of hydrogen-bond acceptors (Lipinski definition) is 0. The van der Waals surface area contributed by atoms with E-state index in [-0.39, 0.29) is 37.7 Å². The molecule has 3 heteroatoms. The van der Waals surface area contributed by atoms with E-state index in [4.69, 9.17) is 0 Å². The summed E-state index contributed by atoms with van der Waals surface area (Å²) in [5.41, 5.74) is 0.250. The second-order valence-electron chi connectivity index (χ2n) is 13.0. The standard InChI is InChI=1S/C18H40P2.C5H11.Ni/c1-15(2,3)19(16(4,5)6)13-14-20(17(7,8)9)18(10,11)12;1-5(2,3)4;/h13-14H2,1-12H3;1H2,2-4H3;/q;-1;/p+2. The Morgan fingerprint density at radius 2 is 0.577 bits per heavy atom. The molecule has 0 saturated heterocycles. The van der Waals surface area contributed by atoms with E-state index in [0.717, 1.165) is 0 Å².